The van der Waals surface area contributed by atoms with Crippen molar-refractivity contribution >= 4 is 29.6 Å². The molecule has 2 saturated heterocycles. The van der Waals surface area contributed by atoms with Gasteiger partial charge in [-0.2, -0.15) is 0 Å². The number of piperazine rings is 1. The molecule has 1 aromatic rings. The summed E-state index contributed by atoms with van der Waals surface area (Å²) in [5, 5.41) is 0. The molecule has 0 radical (unpaired) electrons. The highest BCUT2D eigenvalue weighted by Gasteiger charge is 2.48. The molecule has 30 heavy (non-hydrogen) atoms. The monoisotopic (exact) mass is 415 g/mol. The van der Waals surface area contributed by atoms with Crippen molar-refractivity contribution in [2.24, 2.45) is 11.8 Å². The molecule has 0 aromatic carbocycles. The van der Waals surface area contributed by atoms with Crippen LogP contribution in [0.4, 0.5) is 5.95 Å². The Morgan fingerprint density at radius 2 is 1.57 bits per heavy atom. The van der Waals surface area contributed by atoms with Gasteiger partial charge in [-0.1, -0.05) is 12.8 Å². The Bertz CT molecular complexity index is 800. The first kappa shape index (κ1) is 20.2. The Labute approximate surface area is 174 Å². The van der Waals surface area contributed by atoms with Gasteiger partial charge in [0.1, 0.15) is 6.54 Å². The highest BCUT2D eigenvalue weighted by atomic mass is 16.5. The number of carbonyl (C=O) groups is 4. The van der Waals surface area contributed by atoms with Crippen LogP contribution in [0.1, 0.15) is 25.7 Å². The zero-order valence-corrected chi connectivity index (χ0v) is 16.7. The van der Waals surface area contributed by atoms with Crippen molar-refractivity contribution in [3.05, 3.63) is 18.5 Å². The summed E-state index contributed by atoms with van der Waals surface area (Å²) in [7, 11) is 0. The Morgan fingerprint density at radius 3 is 2.17 bits per heavy atom. The van der Waals surface area contributed by atoms with Crippen molar-refractivity contribution in [1.82, 2.24) is 19.8 Å². The average molecular weight is 415 g/mol. The number of hydrogen-bond acceptors (Lipinski definition) is 8. The molecule has 0 bridgehead atoms. The summed E-state index contributed by atoms with van der Waals surface area (Å²) in [6, 6.07) is 1.74. The van der Waals surface area contributed by atoms with E-state index in [1.54, 1.807) is 23.4 Å². The molecule has 1 aromatic heterocycles. The molecule has 3 amide bonds. The van der Waals surface area contributed by atoms with Gasteiger partial charge in [0.25, 0.3) is 5.91 Å². The summed E-state index contributed by atoms with van der Waals surface area (Å²) in [4.78, 5) is 62.4. The van der Waals surface area contributed by atoms with Crippen LogP contribution in [0, 0.1) is 11.8 Å². The molecule has 3 heterocycles. The smallest absolute Gasteiger partial charge is 0.326 e. The Balaban J connectivity index is 1.22. The molecule has 0 spiro atoms. The lowest BCUT2D eigenvalue weighted by Crippen LogP contribution is -2.50. The fourth-order valence-electron chi connectivity index (χ4n) is 4.41. The minimum Gasteiger partial charge on any atom is -0.454 e. The maximum absolute atomic E-state index is 12.4. The van der Waals surface area contributed by atoms with E-state index in [1.807, 2.05) is 4.90 Å². The fourth-order valence-corrected chi connectivity index (χ4v) is 4.41. The van der Waals surface area contributed by atoms with Gasteiger partial charge < -0.3 is 14.5 Å². The van der Waals surface area contributed by atoms with E-state index in [2.05, 4.69) is 9.97 Å². The molecule has 10 nitrogen and oxygen atoms in total. The van der Waals surface area contributed by atoms with E-state index in [0.29, 0.717) is 45.0 Å². The van der Waals surface area contributed by atoms with Crippen molar-refractivity contribution in [1.29, 1.82) is 0 Å². The number of imide groups is 1. The van der Waals surface area contributed by atoms with Crippen molar-refractivity contribution in [2.75, 3.05) is 44.2 Å². The van der Waals surface area contributed by atoms with Gasteiger partial charge >= 0.3 is 5.97 Å². The number of anilines is 1. The maximum Gasteiger partial charge on any atom is 0.326 e. The van der Waals surface area contributed by atoms with E-state index in [4.69, 9.17) is 4.74 Å². The topological polar surface area (TPSA) is 113 Å². The molecular formula is C20H25N5O5. The lowest BCUT2D eigenvalue weighted by atomic mass is 9.81. The van der Waals surface area contributed by atoms with E-state index in [9.17, 15) is 19.2 Å². The van der Waals surface area contributed by atoms with Crippen LogP contribution in [0.25, 0.3) is 0 Å². The first-order valence-corrected chi connectivity index (χ1v) is 10.3. The van der Waals surface area contributed by atoms with E-state index in [0.717, 1.165) is 17.7 Å². The molecule has 3 fully saturated rings. The third kappa shape index (κ3) is 4.12. The molecule has 10 heteroatoms. The lowest BCUT2D eigenvalue weighted by molar-refractivity contribution is -0.156. The third-order valence-electron chi connectivity index (χ3n) is 6.04. The normalized spacial score (nSPS) is 24.1. The third-order valence-corrected chi connectivity index (χ3v) is 6.04. The minimum atomic E-state index is -0.736. The van der Waals surface area contributed by atoms with Gasteiger partial charge in [0, 0.05) is 38.6 Å². The standard InChI is InChI=1S/C20H25N5O5/c26-16(23-8-10-24(11-9-23)20-21-6-3-7-22-20)13-30-17(27)12-25-18(28)14-4-1-2-5-15(14)19(25)29/h3,6-7,14-15H,1-2,4-5,8-13H2/t14-,15-/m1/s1. The summed E-state index contributed by atoms with van der Waals surface area (Å²) in [6.45, 7) is 1.30. The number of carbonyl (C=O) groups excluding carboxylic acids is 4. The van der Waals surface area contributed by atoms with E-state index >= 15 is 0 Å². The number of esters is 1. The van der Waals surface area contributed by atoms with Crippen LogP contribution in [0.15, 0.2) is 18.5 Å². The summed E-state index contributed by atoms with van der Waals surface area (Å²) in [6.07, 6.45) is 6.58. The first-order valence-electron chi connectivity index (χ1n) is 10.3. The van der Waals surface area contributed by atoms with E-state index < -0.39 is 19.1 Å². The van der Waals surface area contributed by atoms with Crippen molar-refractivity contribution < 1.29 is 23.9 Å². The second kappa shape index (κ2) is 8.76. The Morgan fingerprint density at radius 1 is 0.967 bits per heavy atom. The highest BCUT2D eigenvalue weighted by molar-refractivity contribution is 6.07. The number of ether oxygens (including phenoxy) is 1. The molecule has 0 N–H and O–H groups in total. The minimum absolute atomic E-state index is 0.285. The lowest BCUT2D eigenvalue weighted by Gasteiger charge is -2.34. The van der Waals surface area contributed by atoms with Crippen molar-refractivity contribution in [2.45, 2.75) is 25.7 Å². The largest absolute Gasteiger partial charge is 0.454 e. The fraction of sp³-hybridized carbons (Fsp3) is 0.600. The first-order chi connectivity index (χ1) is 14.5. The van der Waals surface area contributed by atoms with Gasteiger partial charge in [0.05, 0.1) is 11.8 Å². The van der Waals surface area contributed by atoms with Gasteiger partial charge in [0.15, 0.2) is 6.61 Å². The van der Waals surface area contributed by atoms with Crippen molar-refractivity contribution in [3.8, 4) is 0 Å². The van der Waals surface area contributed by atoms with Crippen LogP contribution in [-0.4, -0.2) is 82.8 Å². The predicted octanol–water partition coefficient (Wildman–Crippen LogP) is -0.156. The second-order valence-corrected chi connectivity index (χ2v) is 7.84. The van der Waals surface area contributed by atoms with E-state index in [1.165, 1.54) is 0 Å². The number of fused-ring (bicyclic) bond motifs is 1. The maximum atomic E-state index is 12.4. The molecule has 1 saturated carbocycles. The molecule has 0 unspecified atom stereocenters. The number of nitrogens with zero attached hydrogens (tertiary/aromatic N) is 5. The van der Waals surface area contributed by atoms with Gasteiger partial charge in [-0.25, -0.2) is 9.97 Å². The Hall–Kier alpha value is -3.04. The molecule has 160 valence electrons. The van der Waals surface area contributed by atoms with Crippen LogP contribution < -0.4 is 4.90 Å². The van der Waals surface area contributed by atoms with Crippen LogP contribution in [0.2, 0.25) is 0 Å². The molecule has 4 rings (SSSR count). The summed E-state index contributed by atoms with van der Waals surface area (Å²) < 4.78 is 5.07. The van der Waals surface area contributed by atoms with Gasteiger partial charge in [0.2, 0.25) is 17.8 Å². The van der Waals surface area contributed by atoms with Crippen LogP contribution in [-0.2, 0) is 23.9 Å². The van der Waals surface area contributed by atoms with Crippen LogP contribution in [0.5, 0.6) is 0 Å². The Kier molecular flexibility index (Phi) is 5.91. The predicted molar refractivity (Wildman–Crippen MR) is 104 cm³/mol. The summed E-state index contributed by atoms with van der Waals surface area (Å²) in [5.74, 6) is -1.59. The van der Waals surface area contributed by atoms with Gasteiger partial charge in [-0.05, 0) is 18.9 Å². The van der Waals surface area contributed by atoms with Gasteiger partial charge in [-0.15, -0.1) is 0 Å². The molecule has 1 aliphatic carbocycles. The molecule has 3 aliphatic rings. The summed E-state index contributed by atoms with van der Waals surface area (Å²) in [5.41, 5.74) is 0. The van der Waals surface area contributed by atoms with Crippen LogP contribution >= 0.6 is 0 Å². The number of rotatable bonds is 5. The van der Waals surface area contributed by atoms with E-state index in [-0.39, 0.29) is 29.6 Å². The van der Waals surface area contributed by atoms with Crippen LogP contribution in [0.3, 0.4) is 0 Å². The van der Waals surface area contributed by atoms with Gasteiger partial charge in [-0.3, -0.25) is 24.1 Å². The number of amides is 3. The quantitative estimate of drug-likeness (QED) is 0.482. The molecule has 2 atom stereocenters. The molecule has 2 aliphatic heterocycles. The number of likely N-dealkylation sites (tertiary alicyclic amines) is 1. The second-order valence-electron chi connectivity index (χ2n) is 7.84. The molecular weight excluding hydrogens is 390 g/mol. The van der Waals surface area contributed by atoms with Crippen molar-refractivity contribution in [3.63, 3.8) is 0 Å². The zero-order chi connectivity index (χ0) is 21.1. The average Bonchev–Trinajstić information content (AvgIpc) is 3.03. The highest BCUT2D eigenvalue weighted by Crippen LogP contribution is 2.37. The SMILES string of the molecule is O=C(CN1C(=O)[C@@H]2CCCC[C@H]2C1=O)OCC(=O)N1CCN(c2ncccn2)CC1. The number of hydrogen-bond donors (Lipinski definition) is 0. The summed E-state index contributed by atoms with van der Waals surface area (Å²) >= 11 is 0. The zero-order valence-electron chi connectivity index (χ0n) is 16.7. The number of aromatic nitrogens is 2.